The van der Waals surface area contributed by atoms with Crippen LogP contribution < -0.4 is 10.6 Å². The molecule has 0 saturated heterocycles. The quantitative estimate of drug-likeness (QED) is 0.437. The number of phenolic OH excluding ortho intramolecular Hbond substituents is 1. The summed E-state index contributed by atoms with van der Waals surface area (Å²) in [5.41, 5.74) is 0.731. The van der Waals surface area contributed by atoms with Crippen LogP contribution in [0.15, 0.2) is 36.4 Å². The molecule has 0 saturated carbocycles. The molecule has 6 nitrogen and oxygen atoms in total. The SMILES string of the molecule is C=C(CCCCCNC(=O)Nc1cccc(O)c1)C(=O)O. The maximum atomic E-state index is 11.6. The lowest BCUT2D eigenvalue weighted by molar-refractivity contribution is -0.132. The van der Waals surface area contributed by atoms with Crippen molar-refractivity contribution in [3.63, 3.8) is 0 Å². The molecule has 0 fully saturated rings. The van der Waals surface area contributed by atoms with Crippen molar-refractivity contribution in [1.82, 2.24) is 5.32 Å². The standard InChI is InChI=1S/C15H20N2O4/c1-11(14(19)20)6-3-2-4-9-16-15(21)17-12-7-5-8-13(18)10-12/h5,7-8,10,18H,1-4,6,9H2,(H,19,20)(H2,16,17,21). The smallest absolute Gasteiger partial charge is 0.330 e. The number of aromatic hydroxyl groups is 1. The Morgan fingerprint density at radius 2 is 1.95 bits per heavy atom. The number of anilines is 1. The van der Waals surface area contributed by atoms with Gasteiger partial charge < -0.3 is 20.8 Å². The van der Waals surface area contributed by atoms with Gasteiger partial charge in [-0.3, -0.25) is 0 Å². The molecule has 0 aromatic heterocycles. The van der Waals surface area contributed by atoms with E-state index in [0.717, 1.165) is 19.3 Å². The van der Waals surface area contributed by atoms with E-state index in [-0.39, 0.29) is 17.4 Å². The van der Waals surface area contributed by atoms with Gasteiger partial charge in [0.15, 0.2) is 0 Å². The number of phenols is 1. The number of carbonyl (C=O) groups excluding carboxylic acids is 1. The van der Waals surface area contributed by atoms with Gasteiger partial charge >= 0.3 is 12.0 Å². The number of hydrogen-bond donors (Lipinski definition) is 4. The van der Waals surface area contributed by atoms with Gasteiger partial charge in [-0.25, -0.2) is 9.59 Å². The van der Waals surface area contributed by atoms with E-state index in [4.69, 9.17) is 5.11 Å². The van der Waals surface area contributed by atoms with Crippen LogP contribution in [0.1, 0.15) is 25.7 Å². The molecule has 0 heterocycles. The van der Waals surface area contributed by atoms with Crippen molar-refractivity contribution in [1.29, 1.82) is 0 Å². The van der Waals surface area contributed by atoms with E-state index in [1.54, 1.807) is 12.1 Å². The third kappa shape index (κ3) is 7.00. The van der Waals surface area contributed by atoms with Crippen molar-refractivity contribution in [3.8, 4) is 5.75 Å². The fourth-order valence-corrected chi connectivity index (χ4v) is 1.71. The van der Waals surface area contributed by atoms with E-state index in [9.17, 15) is 14.7 Å². The van der Waals surface area contributed by atoms with Gasteiger partial charge in [0.25, 0.3) is 0 Å². The highest BCUT2D eigenvalue weighted by Crippen LogP contribution is 2.15. The zero-order valence-electron chi connectivity index (χ0n) is 11.8. The molecule has 0 aliphatic heterocycles. The minimum Gasteiger partial charge on any atom is -0.508 e. The van der Waals surface area contributed by atoms with Gasteiger partial charge in [-0.15, -0.1) is 0 Å². The zero-order chi connectivity index (χ0) is 15.7. The molecule has 0 spiro atoms. The number of nitrogens with one attached hydrogen (secondary N) is 2. The van der Waals surface area contributed by atoms with E-state index in [2.05, 4.69) is 17.2 Å². The van der Waals surface area contributed by atoms with Crippen molar-refractivity contribution in [2.24, 2.45) is 0 Å². The molecule has 0 aliphatic rings. The highest BCUT2D eigenvalue weighted by molar-refractivity contribution is 5.89. The molecular formula is C15H20N2O4. The fourth-order valence-electron chi connectivity index (χ4n) is 1.71. The van der Waals surface area contributed by atoms with Crippen LogP contribution in [-0.4, -0.2) is 28.8 Å². The van der Waals surface area contributed by atoms with E-state index >= 15 is 0 Å². The number of hydrogen-bond acceptors (Lipinski definition) is 3. The minimum absolute atomic E-state index is 0.0893. The van der Waals surface area contributed by atoms with Crippen LogP contribution in [0.2, 0.25) is 0 Å². The summed E-state index contributed by atoms with van der Waals surface area (Å²) >= 11 is 0. The molecule has 0 bridgehead atoms. The van der Waals surface area contributed by atoms with Gasteiger partial charge in [0.2, 0.25) is 0 Å². The number of urea groups is 1. The molecule has 2 amide bonds. The topological polar surface area (TPSA) is 98.7 Å². The largest absolute Gasteiger partial charge is 0.508 e. The number of benzene rings is 1. The Bertz CT molecular complexity index is 514. The zero-order valence-corrected chi connectivity index (χ0v) is 11.8. The normalized spacial score (nSPS) is 9.90. The van der Waals surface area contributed by atoms with Crippen LogP contribution in [0.25, 0.3) is 0 Å². The number of carboxylic acids is 1. The highest BCUT2D eigenvalue weighted by Gasteiger charge is 2.04. The van der Waals surface area contributed by atoms with Gasteiger partial charge in [0.1, 0.15) is 5.75 Å². The summed E-state index contributed by atoms with van der Waals surface area (Å²) in [6.07, 6.45) is 2.78. The molecule has 4 N–H and O–H groups in total. The number of carbonyl (C=O) groups is 2. The highest BCUT2D eigenvalue weighted by atomic mass is 16.4. The van der Waals surface area contributed by atoms with Crippen molar-refractivity contribution in [2.75, 3.05) is 11.9 Å². The Kier molecular flexibility index (Phi) is 6.80. The lowest BCUT2D eigenvalue weighted by atomic mass is 10.1. The van der Waals surface area contributed by atoms with Crippen molar-refractivity contribution in [3.05, 3.63) is 36.4 Å². The van der Waals surface area contributed by atoms with Crippen LogP contribution in [0.5, 0.6) is 5.75 Å². The predicted molar refractivity (Wildman–Crippen MR) is 80.4 cm³/mol. The van der Waals surface area contributed by atoms with Gasteiger partial charge in [0.05, 0.1) is 0 Å². The molecule has 0 radical (unpaired) electrons. The summed E-state index contributed by atoms with van der Waals surface area (Å²) in [6.45, 7) is 3.96. The summed E-state index contributed by atoms with van der Waals surface area (Å²) < 4.78 is 0. The van der Waals surface area contributed by atoms with Gasteiger partial charge in [-0.1, -0.05) is 19.1 Å². The van der Waals surface area contributed by atoms with E-state index in [1.165, 1.54) is 12.1 Å². The maximum absolute atomic E-state index is 11.6. The number of unbranched alkanes of at least 4 members (excludes halogenated alkanes) is 2. The van der Waals surface area contributed by atoms with Crippen LogP contribution in [0.4, 0.5) is 10.5 Å². The summed E-state index contributed by atoms with van der Waals surface area (Å²) in [4.78, 5) is 22.1. The molecule has 1 aromatic carbocycles. The minimum atomic E-state index is -0.960. The second kappa shape index (κ2) is 8.63. The second-order valence-electron chi connectivity index (χ2n) is 4.65. The molecule has 114 valence electrons. The second-order valence-corrected chi connectivity index (χ2v) is 4.65. The van der Waals surface area contributed by atoms with Crippen LogP contribution in [-0.2, 0) is 4.79 Å². The summed E-state index contributed by atoms with van der Waals surface area (Å²) in [5.74, 6) is -0.870. The van der Waals surface area contributed by atoms with Gasteiger partial charge in [-0.05, 0) is 31.4 Å². The Hall–Kier alpha value is -2.50. The first-order valence-electron chi connectivity index (χ1n) is 6.74. The molecule has 6 heteroatoms. The first kappa shape index (κ1) is 16.6. The van der Waals surface area contributed by atoms with E-state index in [1.807, 2.05) is 0 Å². The van der Waals surface area contributed by atoms with Gasteiger partial charge in [-0.2, -0.15) is 0 Å². The number of rotatable bonds is 8. The van der Waals surface area contributed by atoms with E-state index < -0.39 is 5.97 Å². The molecular weight excluding hydrogens is 272 g/mol. The molecule has 0 unspecified atom stereocenters. The number of amides is 2. The summed E-state index contributed by atoms with van der Waals surface area (Å²) in [5, 5.41) is 23.2. The molecule has 0 aliphatic carbocycles. The Balaban J connectivity index is 2.11. The van der Waals surface area contributed by atoms with Crippen LogP contribution in [0, 0.1) is 0 Å². The molecule has 0 atom stereocenters. The van der Waals surface area contributed by atoms with Crippen molar-refractivity contribution in [2.45, 2.75) is 25.7 Å². The maximum Gasteiger partial charge on any atom is 0.330 e. The predicted octanol–water partition coefficient (Wildman–Crippen LogP) is 2.71. The number of aliphatic carboxylic acids is 1. The van der Waals surface area contributed by atoms with Crippen LogP contribution in [0.3, 0.4) is 0 Å². The Labute approximate surface area is 123 Å². The lowest BCUT2D eigenvalue weighted by Gasteiger charge is -2.07. The third-order valence-corrected chi connectivity index (χ3v) is 2.85. The Morgan fingerprint density at radius 1 is 1.19 bits per heavy atom. The molecule has 21 heavy (non-hydrogen) atoms. The van der Waals surface area contributed by atoms with Crippen molar-refractivity contribution < 1.29 is 19.8 Å². The monoisotopic (exact) mass is 292 g/mol. The molecule has 1 rings (SSSR count). The average molecular weight is 292 g/mol. The lowest BCUT2D eigenvalue weighted by Crippen LogP contribution is -2.29. The fraction of sp³-hybridized carbons (Fsp3) is 0.333. The van der Waals surface area contributed by atoms with Crippen LogP contribution >= 0.6 is 0 Å². The first-order chi connectivity index (χ1) is 9.99. The molecule has 1 aromatic rings. The number of carboxylic acid groups (broad SMARTS) is 1. The van der Waals surface area contributed by atoms with Gasteiger partial charge in [0, 0.05) is 23.9 Å². The third-order valence-electron chi connectivity index (χ3n) is 2.85. The summed E-state index contributed by atoms with van der Waals surface area (Å²) in [7, 11) is 0. The average Bonchev–Trinajstić information content (AvgIpc) is 2.42. The van der Waals surface area contributed by atoms with Crippen molar-refractivity contribution >= 4 is 17.7 Å². The first-order valence-corrected chi connectivity index (χ1v) is 6.74. The Morgan fingerprint density at radius 3 is 2.62 bits per heavy atom. The van der Waals surface area contributed by atoms with E-state index in [0.29, 0.717) is 18.7 Å². The summed E-state index contributed by atoms with van der Waals surface area (Å²) in [6, 6.07) is 5.96.